The average Bonchev–Trinajstić information content (AvgIpc) is 2.39. The van der Waals surface area contributed by atoms with E-state index in [1.54, 1.807) is 14.2 Å². The van der Waals surface area contributed by atoms with Gasteiger partial charge in [-0.1, -0.05) is 13.0 Å². The summed E-state index contributed by atoms with van der Waals surface area (Å²) in [5, 5.41) is 12.6. The highest BCUT2D eigenvalue weighted by Crippen LogP contribution is 2.29. The second-order valence-electron chi connectivity index (χ2n) is 3.80. The van der Waals surface area contributed by atoms with Crippen LogP contribution < -0.4 is 14.8 Å². The minimum atomic E-state index is -0.0604. The van der Waals surface area contributed by atoms with Gasteiger partial charge in [0.25, 0.3) is 0 Å². The fourth-order valence-corrected chi connectivity index (χ4v) is 1.68. The van der Waals surface area contributed by atoms with Crippen LogP contribution in [0.5, 0.6) is 11.5 Å². The fourth-order valence-electron chi connectivity index (χ4n) is 1.68. The number of aliphatic hydroxyl groups excluding tert-OH is 1. The Morgan fingerprint density at radius 3 is 2.47 bits per heavy atom. The van der Waals surface area contributed by atoms with Gasteiger partial charge in [-0.3, -0.25) is 0 Å². The molecule has 0 spiro atoms. The molecule has 1 aromatic carbocycles. The zero-order chi connectivity index (χ0) is 12.7. The summed E-state index contributed by atoms with van der Waals surface area (Å²) >= 11 is 0. The lowest BCUT2D eigenvalue weighted by Gasteiger charge is -2.18. The van der Waals surface area contributed by atoms with E-state index >= 15 is 0 Å². The minimum Gasteiger partial charge on any atom is -0.493 e. The Hall–Kier alpha value is -1.26. The summed E-state index contributed by atoms with van der Waals surface area (Å²) in [6, 6.07) is 5.62. The Morgan fingerprint density at radius 1 is 1.24 bits per heavy atom. The summed E-state index contributed by atoms with van der Waals surface area (Å²) in [4.78, 5) is 0. The first kappa shape index (κ1) is 13.8. The highest BCUT2D eigenvalue weighted by molar-refractivity contribution is 5.43. The number of rotatable bonds is 7. The topological polar surface area (TPSA) is 50.7 Å². The molecule has 0 radical (unpaired) electrons. The first-order chi connectivity index (χ1) is 8.26. The lowest BCUT2D eigenvalue weighted by atomic mass is 10.1. The average molecular weight is 239 g/mol. The standard InChI is InChI=1S/C13H21NO3/c1-4-7-14-11(9-15)10-5-6-12(16-2)13(8-10)17-3/h5-6,8,11,14-15H,4,7,9H2,1-3H3. The van der Waals surface area contributed by atoms with Gasteiger partial charge in [0.05, 0.1) is 26.9 Å². The summed E-state index contributed by atoms with van der Waals surface area (Å²) in [7, 11) is 3.21. The smallest absolute Gasteiger partial charge is 0.161 e. The molecule has 0 fully saturated rings. The van der Waals surface area contributed by atoms with E-state index in [0.717, 1.165) is 18.5 Å². The number of ether oxygens (including phenoxy) is 2. The van der Waals surface area contributed by atoms with E-state index < -0.39 is 0 Å². The number of nitrogens with one attached hydrogen (secondary N) is 1. The fraction of sp³-hybridized carbons (Fsp3) is 0.538. The molecule has 4 nitrogen and oxygen atoms in total. The highest BCUT2D eigenvalue weighted by Gasteiger charge is 2.12. The van der Waals surface area contributed by atoms with Crippen molar-refractivity contribution < 1.29 is 14.6 Å². The van der Waals surface area contributed by atoms with Gasteiger partial charge < -0.3 is 19.9 Å². The van der Waals surface area contributed by atoms with Crippen molar-refractivity contribution in [3.05, 3.63) is 23.8 Å². The predicted molar refractivity (Wildman–Crippen MR) is 67.7 cm³/mol. The van der Waals surface area contributed by atoms with E-state index in [0.29, 0.717) is 11.5 Å². The molecule has 17 heavy (non-hydrogen) atoms. The van der Waals surface area contributed by atoms with Crippen molar-refractivity contribution in [1.29, 1.82) is 0 Å². The molecule has 0 bridgehead atoms. The molecule has 96 valence electrons. The predicted octanol–water partition coefficient (Wildman–Crippen LogP) is 1.74. The van der Waals surface area contributed by atoms with Crippen LogP contribution in [-0.2, 0) is 0 Å². The van der Waals surface area contributed by atoms with Gasteiger partial charge in [-0.25, -0.2) is 0 Å². The van der Waals surface area contributed by atoms with Crippen molar-refractivity contribution in [2.75, 3.05) is 27.4 Å². The van der Waals surface area contributed by atoms with Gasteiger partial charge in [0.15, 0.2) is 11.5 Å². The Balaban J connectivity index is 2.88. The minimum absolute atomic E-state index is 0.0604. The molecule has 0 heterocycles. The number of methoxy groups -OCH3 is 2. The highest BCUT2D eigenvalue weighted by atomic mass is 16.5. The number of benzene rings is 1. The largest absolute Gasteiger partial charge is 0.493 e. The Kier molecular flexibility index (Phi) is 5.80. The Bertz CT molecular complexity index is 341. The van der Waals surface area contributed by atoms with E-state index in [1.165, 1.54) is 0 Å². The van der Waals surface area contributed by atoms with Crippen LogP contribution in [0.3, 0.4) is 0 Å². The zero-order valence-electron chi connectivity index (χ0n) is 10.7. The first-order valence-corrected chi connectivity index (χ1v) is 5.83. The van der Waals surface area contributed by atoms with Crippen molar-refractivity contribution in [2.24, 2.45) is 0 Å². The zero-order valence-corrected chi connectivity index (χ0v) is 10.7. The molecule has 1 atom stereocenters. The molecule has 0 aromatic heterocycles. The summed E-state index contributed by atoms with van der Waals surface area (Å²) in [5.41, 5.74) is 0.999. The first-order valence-electron chi connectivity index (χ1n) is 5.83. The molecular formula is C13H21NO3. The molecule has 0 aliphatic carbocycles. The second kappa shape index (κ2) is 7.14. The lowest BCUT2D eigenvalue weighted by Crippen LogP contribution is -2.25. The lowest BCUT2D eigenvalue weighted by molar-refractivity contribution is 0.244. The number of aliphatic hydroxyl groups is 1. The van der Waals surface area contributed by atoms with Gasteiger partial charge in [0, 0.05) is 0 Å². The Morgan fingerprint density at radius 2 is 1.94 bits per heavy atom. The van der Waals surface area contributed by atoms with Crippen molar-refractivity contribution in [3.63, 3.8) is 0 Å². The maximum atomic E-state index is 9.36. The van der Waals surface area contributed by atoms with Crippen molar-refractivity contribution in [1.82, 2.24) is 5.32 Å². The van der Waals surface area contributed by atoms with Crippen LogP contribution in [0.2, 0.25) is 0 Å². The third-order valence-electron chi connectivity index (χ3n) is 2.63. The van der Waals surface area contributed by atoms with Gasteiger partial charge >= 0.3 is 0 Å². The van der Waals surface area contributed by atoms with E-state index in [-0.39, 0.29) is 12.6 Å². The molecule has 0 saturated heterocycles. The van der Waals surface area contributed by atoms with Gasteiger partial charge in [0.2, 0.25) is 0 Å². The van der Waals surface area contributed by atoms with Crippen LogP contribution in [-0.4, -0.2) is 32.5 Å². The van der Waals surface area contributed by atoms with Crippen LogP contribution in [0.25, 0.3) is 0 Å². The van der Waals surface area contributed by atoms with Crippen molar-refractivity contribution >= 4 is 0 Å². The molecule has 1 unspecified atom stereocenters. The van der Waals surface area contributed by atoms with Crippen LogP contribution in [0, 0.1) is 0 Å². The molecule has 0 aliphatic rings. The molecule has 2 N–H and O–H groups in total. The van der Waals surface area contributed by atoms with Crippen LogP contribution in [0.15, 0.2) is 18.2 Å². The summed E-state index contributed by atoms with van der Waals surface area (Å²) in [5.74, 6) is 1.38. The normalized spacial score (nSPS) is 12.2. The van der Waals surface area contributed by atoms with Crippen LogP contribution in [0.4, 0.5) is 0 Å². The second-order valence-corrected chi connectivity index (χ2v) is 3.80. The maximum absolute atomic E-state index is 9.36. The maximum Gasteiger partial charge on any atom is 0.161 e. The number of hydrogen-bond acceptors (Lipinski definition) is 4. The van der Waals surface area contributed by atoms with Gasteiger partial charge in [0.1, 0.15) is 0 Å². The molecule has 1 rings (SSSR count). The van der Waals surface area contributed by atoms with Crippen LogP contribution >= 0.6 is 0 Å². The van der Waals surface area contributed by atoms with E-state index in [2.05, 4.69) is 12.2 Å². The molecule has 0 amide bonds. The summed E-state index contributed by atoms with van der Waals surface area (Å²) in [6.07, 6.45) is 1.03. The van der Waals surface area contributed by atoms with E-state index in [9.17, 15) is 5.11 Å². The van der Waals surface area contributed by atoms with Gasteiger partial charge in [-0.15, -0.1) is 0 Å². The van der Waals surface area contributed by atoms with Crippen molar-refractivity contribution in [2.45, 2.75) is 19.4 Å². The SMILES string of the molecule is CCCNC(CO)c1ccc(OC)c(OC)c1. The number of hydrogen-bond donors (Lipinski definition) is 2. The van der Waals surface area contributed by atoms with E-state index in [4.69, 9.17) is 9.47 Å². The molecule has 0 aliphatic heterocycles. The van der Waals surface area contributed by atoms with Gasteiger partial charge in [-0.2, -0.15) is 0 Å². The Labute approximate surface area is 103 Å². The third kappa shape index (κ3) is 3.61. The molecule has 1 aromatic rings. The molecule has 4 heteroatoms. The summed E-state index contributed by atoms with van der Waals surface area (Å²) < 4.78 is 10.4. The monoisotopic (exact) mass is 239 g/mol. The molecular weight excluding hydrogens is 218 g/mol. The van der Waals surface area contributed by atoms with Gasteiger partial charge in [-0.05, 0) is 30.7 Å². The quantitative estimate of drug-likeness (QED) is 0.761. The van der Waals surface area contributed by atoms with E-state index in [1.807, 2.05) is 18.2 Å². The van der Waals surface area contributed by atoms with Crippen molar-refractivity contribution in [3.8, 4) is 11.5 Å². The van der Waals surface area contributed by atoms with Crippen LogP contribution in [0.1, 0.15) is 24.9 Å². The third-order valence-corrected chi connectivity index (χ3v) is 2.63. The molecule has 0 saturated carbocycles. The summed E-state index contributed by atoms with van der Waals surface area (Å²) in [6.45, 7) is 3.03.